The first-order chi connectivity index (χ1) is 11.5. The zero-order valence-electron chi connectivity index (χ0n) is 14.3. The molecule has 0 bridgehead atoms. The average Bonchev–Trinajstić information content (AvgIpc) is 2.60. The topological polar surface area (TPSA) is 61.4 Å². The van der Waals surface area contributed by atoms with E-state index in [1.807, 2.05) is 74.5 Å². The summed E-state index contributed by atoms with van der Waals surface area (Å²) in [6.45, 7) is 4.95. The lowest BCUT2D eigenvalue weighted by Crippen LogP contribution is -2.50. The molecule has 0 saturated carbocycles. The number of aliphatic hydroxyl groups excluding tert-OH is 1. The van der Waals surface area contributed by atoms with Gasteiger partial charge in [0.25, 0.3) is 0 Å². The molecule has 4 nitrogen and oxygen atoms in total. The molecule has 0 saturated heterocycles. The molecule has 2 rings (SSSR count). The highest BCUT2D eigenvalue weighted by Crippen LogP contribution is 2.12. The van der Waals surface area contributed by atoms with Crippen molar-refractivity contribution in [3.8, 4) is 0 Å². The Morgan fingerprint density at radius 3 is 2.25 bits per heavy atom. The van der Waals surface area contributed by atoms with E-state index in [0.717, 1.165) is 11.1 Å². The fourth-order valence-corrected chi connectivity index (χ4v) is 2.39. The average molecular weight is 326 g/mol. The molecule has 0 aliphatic carbocycles. The summed E-state index contributed by atoms with van der Waals surface area (Å²) < 4.78 is 0. The van der Waals surface area contributed by atoms with E-state index in [0.29, 0.717) is 19.5 Å². The maximum absolute atomic E-state index is 12.0. The Balaban J connectivity index is 1.75. The first kappa shape index (κ1) is 18.2. The highest BCUT2D eigenvalue weighted by molar-refractivity contribution is 5.78. The number of nitrogens with one attached hydrogen (secondary N) is 2. The number of benzene rings is 2. The van der Waals surface area contributed by atoms with Gasteiger partial charge in [-0.3, -0.25) is 4.79 Å². The van der Waals surface area contributed by atoms with E-state index in [4.69, 9.17) is 0 Å². The van der Waals surface area contributed by atoms with Gasteiger partial charge in [-0.25, -0.2) is 0 Å². The number of β-amino-alcohol motifs (C(OH)–C–C–N with tert-alkyl or cyclic N) is 1. The van der Waals surface area contributed by atoms with Gasteiger partial charge in [-0.15, -0.1) is 0 Å². The molecule has 1 amide bonds. The molecule has 4 heteroatoms. The number of hydrogen-bond acceptors (Lipinski definition) is 3. The Kier molecular flexibility index (Phi) is 6.53. The van der Waals surface area contributed by atoms with Crippen LogP contribution < -0.4 is 10.6 Å². The number of carbonyl (C=O) groups excluding carboxylic acids is 1. The fraction of sp³-hybridized carbons (Fsp3) is 0.350. The van der Waals surface area contributed by atoms with Crippen LogP contribution in [0.25, 0.3) is 0 Å². The third-order valence-electron chi connectivity index (χ3n) is 3.89. The van der Waals surface area contributed by atoms with E-state index in [-0.39, 0.29) is 11.4 Å². The Labute approximate surface area is 143 Å². The molecule has 1 unspecified atom stereocenters. The van der Waals surface area contributed by atoms with E-state index >= 15 is 0 Å². The predicted octanol–water partition coefficient (Wildman–Crippen LogP) is 2.45. The second kappa shape index (κ2) is 8.62. The standard InChI is InChI=1S/C20H26N2O2/c1-20(2,22-14-18(23)17-11-7-4-8-12-17)15-21-19(24)13-16-9-5-3-6-10-16/h3-12,18,22-23H,13-15H2,1-2H3,(H,21,24). The summed E-state index contributed by atoms with van der Waals surface area (Å²) in [6.07, 6.45) is -0.186. The number of hydrogen-bond donors (Lipinski definition) is 3. The van der Waals surface area contributed by atoms with Crippen molar-refractivity contribution >= 4 is 5.91 Å². The Morgan fingerprint density at radius 1 is 1.04 bits per heavy atom. The van der Waals surface area contributed by atoms with Crippen LogP contribution in [0.4, 0.5) is 0 Å². The van der Waals surface area contributed by atoms with Gasteiger partial charge in [0.15, 0.2) is 0 Å². The van der Waals surface area contributed by atoms with Crippen molar-refractivity contribution in [3.05, 3.63) is 71.8 Å². The maximum atomic E-state index is 12.0. The lowest BCUT2D eigenvalue weighted by atomic mass is 10.0. The second-order valence-electron chi connectivity index (χ2n) is 6.63. The van der Waals surface area contributed by atoms with Crippen LogP contribution in [0.2, 0.25) is 0 Å². The Morgan fingerprint density at radius 2 is 1.62 bits per heavy atom. The molecule has 1 atom stereocenters. The van der Waals surface area contributed by atoms with E-state index in [1.54, 1.807) is 0 Å². The third kappa shape index (κ3) is 6.14. The highest BCUT2D eigenvalue weighted by Gasteiger charge is 2.20. The molecule has 24 heavy (non-hydrogen) atoms. The van der Waals surface area contributed by atoms with Crippen molar-refractivity contribution < 1.29 is 9.90 Å². The van der Waals surface area contributed by atoms with Crippen LogP contribution in [-0.2, 0) is 11.2 Å². The minimum atomic E-state index is -0.564. The Hall–Kier alpha value is -2.17. The Bertz CT molecular complexity index is 627. The lowest BCUT2D eigenvalue weighted by Gasteiger charge is -2.28. The molecule has 2 aromatic rings. The largest absolute Gasteiger partial charge is 0.387 e. The minimum absolute atomic E-state index is 0.000294. The van der Waals surface area contributed by atoms with Crippen LogP contribution >= 0.6 is 0 Å². The summed E-state index contributed by atoms with van der Waals surface area (Å²) in [4.78, 5) is 12.0. The normalized spacial score (nSPS) is 12.6. The number of rotatable bonds is 8. The van der Waals surface area contributed by atoms with Crippen LogP contribution in [-0.4, -0.2) is 29.6 Å². The highest BCUT2D eigenvalue weighted by atomic mass is 16.3. The van der Waals surface area contributed by atoms with Gasteiger partial charge in [0.1, 0.15) is 0 Å². The van der Waals surface area contributed by atoms with Crippen molar-refractivity contribution in [3.63, 3.8) is 0 Å². The molecule has 0 heterocycles. The summed E-state index contributed by atoms with van der Waals surface area (Å²) in [5.74, 6) is -0.000294. The van der Waals surface area contributed by atoms with Crippen LogP contribution in [0, 0.1) is 0 Å². The number of amides is 1. The van der Waals surface area contributed by atoms with Crippen LogP contribution in [0.1, 0.15) is 31.1 Å². The van der Waals surface area contributed by atoms with Gasteiger partial charge >= 0.3 is 0 Å². The molecule has 2 aromatic carbocycles. The molecule has 0 radical (unpaired) electrons. The fourth-order valence-electron chi connectivity index (χ4n) is 2.39. The van der Waals surface area contributed by atoms with E-state index in [1.165, 1.54) is 0 Å². The smallest absolute Gasteiger partial charge is 0.224 e. The zero-order chi connectivity index (χ0) is 17.4. The molecule has 0 aliphatic rings. The van der Waals surface area contributed by atoms with Gasteiger partial charge in [-0.1, -0.05) is 60.7 Å². The van der Waals surface area contributed by atoms with E-state index < -0.39 is 6.10 Å². The van der Waals surface area contributed by atoms with Crippen molar-refractivity contribution in [2.75, 3.05) is 13.1 Å². The molecule has 0 spiro atoms. The summed E-state index contributed by atoms with van der Waals surface area (Å²) >= 11 is 0. The summed E-state index contributed by atoms with van der Waals surface area (Å²) in [7, 11) is 0. The van der Waals surface area contributed by atoms with Gasteiger partial charge < -0.3 is 15.7 Å². The van der Waals surface area contributed by atoms with Crippen molar-refractivity contribution in [2.24, 2.45) is 0 Å². The quantitative estimate of drug-likeness (QED) is 0.698. The molecule has 128 valence electrons. The lowest BCUT2D eigenvalue weighted by molar-refractivity contribution is -0.120. The van der Waals surface area contributed by atoms with Gasteiger partial charge in [-0.2, -0.15) is 0 Å². The van der Waals surface area contributed by atoms with Crippen molar-refractivity contribution in [2.45, 2.75) is 31.9 Å². The van der Waals surface area contributed by atoms with Crippen LogP contribution in [0.15, 0.2) is 60.7 Å². The van der Waals surface area contributed by atoms with E-state index in [9.17, 15) is 9.90 Å². The van der Waals surface area contributed by atoms with Gasteiger partial charge in [-0.05, 0) is 25.0 Å². The molecule has 0 fully saturated rings. The second-order valence-corrected chi connectivity index (χ2v) is 6.63. The van der Waals surface area contributed by atoms with Gasteiger partial charge in [0, 0.05) is 18.6 Å². The molecule has 0 aliphatic heterocycles. The van der Waals surface area contributed by atoms with Crippen molar-refractivity contribution in [1.82, 2.24) is 10.6 Å². The van der Waals surface area contributed by atoms with Crippen molar-refractivity contribution in [1.29, 1.82) is 0 Å². The predicted molar refractivity (Wildman–Crippen MR) is 96.6 cm³/mol. The molecule has 3 N–H and O–H groups in total. The maximum Gasteiger partial charge on any atom is 0.224 e. The molecule has 0 aromatic heterocycles. The minimum Gasteiger partial charge on any atom is -0.387 e. The summed E-state index contributed by atoms with van der Waals surface area (Å²) in [5.41, 5.74) is 1.58. The van der Waals surface area contributed by atoms with Crippen LogP contribution in [0.5, 0.6) is 0 Å². The number of carbonyl (C=O) groups is 1. The first-order valence-corrected chi connectivity index (χ1v) is 8.25. The monoisotopic (exact) mass is 326 g/mol. The SMILES string of the molecule is CC(C)(CNC(=O)Cc1ccccc1)NCC(O)c1ccccc1. The summed E-state index contributed by atoms with van der Waals surface area (Å²) in [6, 6.07) is 19.2. The van der Waals surface area contributed by atoms with Gasteiger partial charge in [0.2, 0.25) is 5.91 Å². The number of aliphatic hydroxyl groups is 1. The van der Waals surface area contributed by atoms with Gasteiger partial charge in [0.05, 0.1) is 12.5 Å². The van der Waals surface area contributed by atoms with Crippen LogP contribution in [0.3, 0.4) is 0 Å². The molecular weight excluding hydrogens is 300 g/mol. The first-order valence-electron chi connectivity index (χ1n) is 8.25. The molecular formula is C20H26N2O2. The third-order valence-corrected chi connectivity index (χ3v) is 3.89. The van der Waals surface area contributed by atoms with E-state index in [2.05, 4.69) is 10.6 Å². The zero-order valence-corrected chi connectivity index (χ0v) is 14.3. The summed E-state index contributed by atoms with van der Waals surface area (Å²) in [5, 5.41) is 16.5.